The second kappa shape index (κ2) is 11.8. The number of benzene rings is 3. The Balaban J connectivity index is 2.08. The summed E-state index contributed by atoms with van der Waals surface area (Å²) in [5, 5.41) is 22.8. The van der Waals surface area contributed by atoms with Crippen LogP contribution in [0.15, 0.2) is 72.8 Å². The van der Waals surface area contributed by atoms with Crippen LogP contribution >= 0.6 is 0 Å². The quantitative estimate of drug-likeness (QED) is 0.179. The zero-order chi connectivity index (χ0) is 30.1. The molecule has 0 amide bonds. The van der Waals surface area contributed by atoms with E-state index in [1.54, 1.807) is 13.8 Å². The molecular weight excluding hydrogens is 545 g/mol. The van der Waals surface area contributed by atoms with Gasteiger partial charge in [-0.25, -0.2) is 13.6 Å². The molecule has 0 fully saturated rings. The van der Waals surface area contributed by atoms with E-state index in [2.05, 4.69) is 4.98 Å². The third-order valence-electron chi connectivity index (χ3n) is 6.60. The van der Waals surface area contributed by atoms with E-state index < -0.39 is 47.5 Å². The smallest absolute Gasteiger partial charge is 0.416 e. The van der Waals surface area contributed by atoms with Crippen molar-refractivity contribution in [3.63, 3.8) is 0 Å². The zero-order valence-electron chi connectivity index (χ0n) is 22.2. The highest BCUT2D eigenvalue weighted by molar-refractivity contribution is 6.04. The number of aliphatic hydroxyl groups excluding tert-OH is 2. The zero-order valence-corrected chi connectivity index (χ0v) is 22.2. The molecule has 0 aliphatic rings. The van der Waals surface area contributed by atoms with Gasteiger partial charge >= 0.3 is 12.1 Å². The number of nitrogens with zero attached hydrogens (tertiary/aromatic N) is 1. The van der Waals surface area contributed by atoms with Gasteiger partial charge in [-0.3, -0.25) is 4.98 Å². The fourth-order valence-electron chi connectivity index (χ4n) is 4.63. The van der Waals surface area contributed by atoms with E-state index in [-0.39, 0.29) is 39.2 Å². The van der Waals surface area contributed by atoms with Gasteiger partial charge in [-0.2, -0.15) is 13.2 Å². The monoisotopic (exact) mass is 571 g/mol. The van der Waals surface area contributed by atoms with Crippen molar-refractivity contribution in [1.29, 1.82) is 0 Å². The summed E-state index contributed by atoms with van der Waals surface area (Å²) < 4.78 is 72.9. The molecule has 41 heavy (non-hydrogen) atoms. The van der Waals surface area contributed by atoms with Gasteiger partial charge in [0.2, 0.25) is 0 Å². The molecule has 4 aromatic rings. The number of pyridine rings is 1. The first-order valence-corrected chi connectivity index (χ1v) is 12.5. The van der Waals surface area contributed by atoms with Crippen LogP contribution in [0.2, 0.25) is 0 Å². The minimum Gasteiger partial charge on any atom is -0.465 e. The number of ether oxygens (including phenoxy) is 1. The first-order valence-electron chi connectivity index (χ1n) is 12.5. The lowest BCUT2D eigenvalue weighted by Crippen LogP contribution is -2.20. The molecule has 2 atom stereocenters. The molecule has 3 aromatic carbocycles. The molecule has 0 bridgehead atoms. The summed E-state index contributed by atoms with van der Waals surface area (Å²) in [6, 6.07) is 14.0. The van der Waals surface area contributed by atoms with Crippen LogP contribution in [0.25, 0.3) is 22.4 Å². The number of alkyl halides is 3. The van der Waals surface area contributed by atoms with Crippen LogP contribution in [0.4, 0.5) is 22.0 Å². The minimum absolute atomic E-state index is 0.0356. The first kappa shape index (κ1) is 29.8. The Labute approximate surface area is 232 Å². The number of rotatable bonds is 7. The summed E-state index contributed by atoms with van der Waals surface area (Å²) in [5.74, 6) is -2.46. The van der Waals surface area contributed by atoms with Crippen molar-refractivity contribution in [2.24, 2.45) is 0 Å². The maximum absolute atomic E-state index is 13.9. The number of hydrogen-bond donors (Lipinski definition) is 2. The molecule has 0 spiro atoms. The lowest BCUT2D eigenvalue weighted by atomic mass is 9.83. The Morgan fingerprint density at radius 1 is 0.854 bits per heavy atom. The van der Waals surface area contributed by atoms with Crippen molar-refractivity contribution < 1.29 is 41.7 Å². The van der Waals surface area contributed by atoms with Crippen molar-refractivity contribution in [3.05, 3.63) is 112 Å². The maximum atomic E-state index is 13.9. The van der Waals surface area contributed by atoms with Crippen LogP contribution in [0, 0.1) is 11.6 Å². The van der Waals surface area contributed by atoms with Crippen molar-refractivity contribution in [2.75, 3.05) is 7.11 Å². The second-order valence-corrected chi connectivity index (χ2v) is 9.68. The molecule has 0 aliphatic heterocycles. The highest BCUT2D eigenvalue weighted by Gasteiger charge is 2.35. The van der Waals surface area contributed by atoms with Crippen molar-refractivity contribution in [1.82, 2.24) is 4.98 Å². The molecule has 1 heterocycles. The summed E-state index contributed by atoms with van der Waals surface area (Å²) in [4.78, 5) is 18.0. The van der Waals surface area contributed by atoms with E-state index in [0.717, 1.165) is 37.4 Å². The van der Waals surface area contributed by atoms with Crippen LogP contribution < -0.4 is 0 Å². The summed E-state index contributed by atoms with van der Waals surface area (Å²) in [7, 11) is 1.12. The lowest BCUT2D eigenvalue weighted by Gasteiger charge is -2.28. The SMILES string of the molecule is COC(=O)c1c(-c2ccc(F)cc2)nc(C(C)C)c(C(O)C(O)c2cccc(C(F)(F)F)c2)c1-c1ccc(F)cc1. The third-order valence-corrected chi connectivity index (χ3v) is 6.60. The Morgan fingerprint density at radius 3 is 1.93 bits per heavy atom. The average Bonchev–Trinajstić information content (AvgIpc) is 2.95. The van der Waals surface area contributed by atoms with E-state index in [1.165, 1.54) is 42.5 Å². The molecule has 214 valence electrons. The van der Waals surface area contributed by atoms with Crippen molar-refractivity contribution in [3.8, 4) is 22.4 Å². The van der Waals surface area contributed by atoms with Gasteiger partial charge in [0, 0.05) is 16.7 Å². The Bertz CT molecular complexity index is 1550. The molecule has 10 heteroatoms. The molecule has 0 saturated carbocycles. The highest BCUT2D eigenvalue weighted by Crippen LogP contribution is 2.44. The number of halogens is 5. The normalized spacial score (nSPS) is 13.2. The average molecular weight is 572 g/mol. The van der Waals surface area contributed by atoms with Gasteiger partial charge in [0.1, 0.15) is 23.8 Å². The standard InChI is InChI=1S/C31H26F5NO4/c1-16(2)26-24(29(39)28(38)19-5-4-6-20(15-19)31(34,35)36)23(17-7-11-21(32)12-8-17)25(30(40)41-3)27(37-26)18-9-13-22(33)14-10-18/h4-16,28-29,38-39H,1-3H3. The molecule has 2 N–H and O–H groups in total. The van der Waals surface area contributed by atoms with E-state index in [0.29, 0.717) is 5.56 Å². The number of methoxy groups -OCH3 is 1. The van der Waals surface area contributed by atoms with Crippen LogP contribution in [-0.2, 0) is 10.9 Å². The predicted molar refractivity (Wildman–Crippen MR) is 142 cm³/mol. The Hall–Kier alpha value is -4.15. The molecule has 0 saturated heterocycles. The maximum Gasteiger partial charge on any atom is 0.416 e. The summed E-state index contributed by atoms with van der Waals surface area (Å²) >= 11 is 0. The van der Waals surface area contributed by atoms with Gasteiger partial charge < -0.3 is 14.9 Å². The van der Waals surface area contributed by atoms with E-state index >= 15 is 0 Å². The van der Waals surface area contributed by atoms with E-state index in [1.807, 2.05) is 0 Å². The van der Waals surface area contributed by atoms with Gasteiger partial charge in [-0.05, 0) is 65.6 Å². The lowest BCUT2D eigenvalue weighted by molar-refractivity contribution is -0.137. The summed E-state index contributed by atoms with van der Waals surface area (Å²) in [6.07, 6.45) is -8.45. The van der Waals surface area contributed by atoms with E-state index in [9.17, 15) is 37.0 Å². The highest BCUT2D eigenvalue weighted by atomic mass is 19.4. The van der Waals surface area contributed by atoms with Gasteiger partial charge in [-0.15, -0.1) is 0 Å². The molecule has 5 nitrogen and oxygen atoms in total. The van der Waals surface area contributed by atoms with Crippen LogP contribution in [0.1, 0.15) is 64.7 Å². The number of carbonyl (C=O) groups is 1. The molecular formula is C31H26F5NO4. The topological polar surface area (TPSA) is 79.7 Å². The number of carbonyl (C=O) groups excluding carboxylic acids is 1. The van der Waals surface area contributed by atoms with Gasteiger partial charge in [-0.1, -0.05) is 38.1 Å². The van der Waals surface area contributed by atoms with Gasteiger partial charge in [0.05, 0.1) is 29.6 Å². The predicted octanol–water partition coefficient (Wildman–Crippen LogP) is 7.39. The van der Waals surface area contributed by atoms with Gasteiger partial charge in [0.15, 0.2) is 0 Å². The van der Waals surface area contributed by atoms with Gasteiger partial charge in [0.25, 0.3) is 0 Å². The Kier molecular flexibility index (Phi) is 8.55. The van der Waals surface area contributed by atoms with Crippen LogP contribution in [0.5, 0.6) is 0 Å². The largest absolute Gasteiger partial charge is 0.465 e. The number of esters is 1. The van der Waals surface area contributed by atoms with Crippen LogP contribution in [-0.4, -0.2) is 28.3 Å². The number of aromatic nitrogens is 1. The second-order valence-electron chi connectivity index (χ2n) is 9.68. The summed E-state index contributed by atoms with van der Waals surface area (Å²) in [5.41, 5.74) is -0.587. The number of hydrogen-bond acceptors (Lipinski definition) is 5. The van der Waals surface area contributed by atoms with Crippen molar-refractivity contribution >= 4 is 5.97 Å². The molecule has 4 rings (SSSR count). The molecule has 1 aromatic heterocycles. The third kappa shape index (κ3) is 6.13. The minimum atomic E-state index is -4.69. The fourth-order valence-corrected chi connectivity index (χ4v) is 4.63. The molecule has 0 aliphatic carbocycles. The molecule has 0 radical (unpaired) electrons. The molecule has 2 unspecified atom stereocenters. The fraction of sp³-hybridized carbons (Fsp3) is 0.226. The van der Waals surface area contributed by atoms with Crippen molar-refractivity contribution in [2.45, 2.75) is 38.1 Å². The summed E-state index contributed by atoms with van der Waals surface area (Å²) in [6.45, 7) is 3.46. The van der Waals surface area contributed by atoms with Crippen LogP contribution in [0.3, 0.4) is 0 Å². The first-order chi connectivity index (χ1) is 19.3. The number of aliphatic hydroxyl groups is 2. The Morgan fingerprint density at radius 2 is 1.41 bits per heavy atom. The van der Waals surface area contributed by atoms with E-state index in [4.69, 9.17) is 4.74 Å².